The minimum Gasteiger partial charge on any atom is -0.478 e. The summed E-state index contributed by atoms with van der Waals surface area (Å²) in [4.78, 5) is 11.3. The van der Waals surface area contributed by atoms with Crippen LogP contribution in [0.2, 0.25) is 0 Å². The van der Waals surface area contributed by atoms with E-state index in [-0.39, 0.29) is 5.41 Å². The zero-order chi connectivity index (χ0) is 13.1. The second kappa shape index (κ2) is 5.35. The standard InChI is InChI=1S/C15H22O2/c1-5-6-8-11-12(14(16)17)9-7-10-13(11)15(2,3)4/h7,9-10H,5-6,8H2,1-4H3,(H,16,17). The molecule has 1 aromatic rings. The van der Waals surface area contributed by atoms with Crippen molar-refractivity contribution in [3.63, 3.8) is 0 Å². The molecule has 0 aromatic heterocycles. The third-order valence-corrected chi connectivity index (χ3v) is 2.99. The quantitative estimate of drug-likeness (QED) is 0.854. The largest absolute Gasteiger partial charge is 0.478 e. The molecule has 0 radical (unpaired) electrons. The molecule has 17 heavy (non-hydrogen) atoms. The maximum atomic E-state index is 11.3. The van der Waals surface area contributed by atoms with Crippen LogP contribution in [-0.4, -0.2) is 11.1 Å². The lowest BCUT2D eigenvalue weighted by Gasteiger charge is -2.24. The fourth-order valence-electron chi connectivity index (χ4n) is 2.11. The van der Waals surface area contributed by atoms with Crippen molar-refractivity contribution in [3.05, 3.63) is 34.9 Å². The zero-order valence-corrected chi connectivity index (χ0v) is 11.2. The highest BCUT2D eigenvalue weighted by Crippen LogP contribution is 2.29. The Kier molecular flexibility index (Phi) is 4.33. The number of carboxylic acids is 1. The van der Waals surface area contributed by atoms with E-state index in [1.807, 2.05) is 6.07 Å². The van der Waals surface area contributed by atoms with E-state index in [0.717, 1.165) is 30.4 Å². The molecule has 0 bridgehead atoms. The maximum Gasteiger partial charge on any atom is 0.335 e. The molecule has 0 saturated carbocycles. The van der Waals surface area contributed by atoms with Crippen molar-refractivity contribution < 1.29 is 9.90 Å². The van der Waals surface area contributed by atoms with Gasteiger partial charge in [-0.05, 0) is 35.4 Å². The molecule has 0 aliphatic carbocycles. The highest BCUT2D eigenvalue weighted by atomic mass is 16.4. The number of benzene rings is 1. The smallest absolute Gasteiger partial charge is 0.335 e. The van der Waals surface area contributed by atoms with Crippen LogP contribution < -0.4 is 0 Å². The van der Waals surface area contributed by atoms with E-state index in [0.29, 0.717) is 5.56 Å². The number of carboxylic acid groups (broad SMARTS) is 1. The van der Waals surface area contributed by atoms with Gasteiger partial charge in [-0.2, -0.15) is 0 Å². The van der Waals surface area contributed by atoms with Gasteiger partial charge in [0.2, 0.25) is 0 Å². The van der Waals surface area contributed by atoms with Gasteiger partial charge < -0.3 is 5.11 Å². The van der Waals surface area contributed by atoms with E-state index < -0.39 is 5.97 Å². The van der Waals surface area contributed by atoms with Crippen LogP contribution in [0.5, 0.6) is 0 Å². The minimum atomic E-state index is -0.817. The minimum absolute atomic E-state index is 0.00542. The molecule has 1 N–H and O–H groups in total. The summed E-state index contributed by atoms with van der Waals surface area (Å²) in [6.07, 6.45) is 2.97. The number of unbranched alkanes of at least 4 members (excludes halogenated alkanes) is 1. The summed E-state index contributed by atoms with van der Waals surface area (Å²) in [5.41, 5.74) is 2.63. The van der Waals surface area contributed by atoms with Gasteiger partial charge in [-0.15, -0.1) is 0 Å². The molecule has 0 heterocycles. The lowest BCUT2D eigenvalue weighted by Crippen LogP contribution is -2.17. The van der Waals surface area contributed by atoms with E-state index in [2.05, 4.69) is 33.8 Å². The van der Waals surface area contributed by atoms with Crippen LogP contribution >= 0.6 is 0 Å². The highest BCUT2D eigenvalue weighted by molar-refractivity contribution is 5.90. The van der Waals surface area contributed by atoms with Crippen molar-refractivity contribution in [1.29, 1.82) is 0 Å². The van der Waals surface area contributed by atoms with Crippen LogP contribution in [-0.2, 0) is 11.8 Å². The second-order valence-corrected chi connectivity index (χ2v) is 5.49. The first kappa shape index (κ1) is 13.8. The second-order valence-electron chi connectivity index (χ2n) is 5.49. The topological polar surface area (TPSA) is 37.3 Å². The fraction of sp³-hybridized carbons (Fsp3) is 0.533. The summed E-state index contributed by atoms with van der Waals surface area (Å²) in [5.74, 6) is -0.817. The average Bonchev–Trinajstić information content (AvgIpc) is 2.24. The van der Waals surface area contributed by atoms with Crippen molar-refractivity contribution in [2.45, 2.75) is 52.4 Å². The predicted octanol–water partition coefficient (Wildman–Crippen LogP) is 4.02. The van der Waals surface area contributed by atoms with Crippen molar-refractivity contribution in [3.8, 4) is 0 Å². The molecule has 94 valence electrons. The van der Waals surface area contributed by atoms with Gasteiger partial charge in [-0.3, -0.25) is 0 Å². The molecule has 0 atom stereocenters. The summed E-state index contributed by atoms with van der Waals surface area (Å²) in [6, 6.07) is 5.61. The zero-order valence-electron chi connectivity index (χ0n) is 11.2. The number of aromatic carboxylic acids is 1. The van der Waals surface area contributed by atoms with E-state index in [9.17, 15) is 9.90 Å². The van der Waals surface area contributed by atoms with Crippen LogP contribution in [0.4, 0.5) is 0 Å². The van der Waals surface area contributed by atoms with E-state index in [1.54, 1.807) is 6.07 Å². The monoisotopic (exact) mass is 234 g/mol. The van der Waals surface area contributed by atoms with Gasteiger partial charge in [-0.1, -0.05) is 46.2 Å². The molecule has 0 aliphatic rings. The Labute approximate surface area is 104 Å². The molecule has 0 spiro atoms. The molecule has 2 heteroatoms. The molecule has 0 unspecified atom stereocenters. The first-order valence-electron chi connectivity index (χ1n) is 6.23. The molecule has 2 nitrogen and oxygen atoms in total. The number of carbonyl (C=O) groups is 1. The van der Waals surface area contributed by atoms with Crippen LogP contribution in [0.15, 0.2) is 18.2 Å². The lowest BCUT2D eigenvalue weighted by atomic mass is 9.80. The average molecular weight is 234 g/mol. The molecular formula is C15H22O2. The van der Waals surface area contributed by atoms with Gasteiger partial charge in [0.25, 0.3) is 0 Å². The van der Waals surface area contributed by atoms with Crippen LogP contribution in [0.1, 0.15) is 62.0 Å². The van der Waals surface area contributed by atoms with Gasteiger partial charge >= 0.3 is 5.97 Å². The van der Waals surface area contributed by atoms with Crippen molar-refractivity contribution in [2.75, 3.05) is 0 Å². The Morgan fingerprint density at radius 2 is 1.94 bits per heavy atom. The lowest BCUT2D eigenvalue weighted by molar-refractivity contribution is 0.0695. The Morgan fingerprint density at radius 1 is 1.29 bits per heavy atom. The molecule has 1 aromatic carbocycles. The summed E-state index contributed by atoms with van der Waals surface area (Å²) < 4.78 is 0. The first-order chi connectivity index (χ1) is 7.88. The molecule has 0 saturated heterocycles. The number of rotatable bonds is 4. The van der Waals surface area contributed by atoms with E-state index in [1.165, 1.54) is 0 Å². The normalized spacial score (nSPS) is 11.5. The molecule has 0 aliphatic heterocycles. The summed E-state index contributed by atoms with van der Waals surface area (Å²) in [6.45, 7) is 8.51. The van der Waals surface area contributed by atoms with Crippen molar-refractivity contribution >= 4 is 5.97 Å². The van der Waals surface area contributed by atoms with Gasteiger partial charge in [0.05, 0.1) is 5.56 Å². The van der Waals surface area contributed by atoms with Gasteiger partial charge in [0.15, 0.2) is 0 Å². The van der Waals surface area contributed by atoms with Gasteiger partial charge in [0.1, 0.15) is 0 Å². The Hall–Kier alpha value is -1.31. The molecule has 0 fully saturated rings. The highest BCUT2D eigenvalue weighted by Gasteiger charge is 2.21. The SMILES string of the molecule is CCCCc1c(C(=O)O)cccc1C(C)(C)C. The first-order valence-corrected chi connectivity index (χ1v) is 6.23. The molecule has 1 rings (SSSR count). The third-order valence-electron chi connectivity index (χ3n) is 2.99. The Bertz CT molecular complexity index is 400. The van der Waals surface area contributed by atoms with Crippen LogP contribution in [0, 0.1) is 0 Å². The van der Waals surface area contributed by atoms with Gasteiger partial charge in [0, 0.05) is 0 Å². The Balaban J connectivity index is 3.29. The summed E-state index contributed by atoms with van der Waals surface area (Å²) in [7, 11) is 0. The third kappa shape index (κ3) is 3.32. The van der Waals surface area contributed by atoms with Crippen molar-refractivity contribution in [1.82, 2.24) is 0 Å². The Morgan fingerprint density at radius 3 is 2.41 bits per heavy atom. The van der Waals surface area contributed by atoms with E-state index >= 15 is 0 Å². The number of hydrogen-bond donors (Lipinski definition) is 1. The number of hydrogen-bond acceptors (Lipinski definition) is 1. The van der Waals surface area contributed by atoms with Gasteiger partial charge in [-0.25, -0.2) is 4.79 Å². The van der Waals surface area contributed by atoms with E-state index in [4.69, 9.17) is 0 Å². The van der Waals surface area contributed by atoms with Crippen LogP contribution in [0.25, 0.3) is 0 Å². The predicted molar refractivity (Wildman–Crippen MR) is 70.7 cm³/mol. The maximum absolute atomic E-state index is 11.3. The van der Waals surface area contributed by atoms with Crippen LogP contribution in [0.3, 0.4) is 0 Å². The summed E-state index contributed by atoms with van der Waals surface area (Å²) in [5, 5.41) is 9.26. The summed E-state index contributed by atoms with van der Waals surface area (Å²) >= 11 is 0. The van der Waals surface area contributed by atoms with Crippen molar-refractivity contribution in [2.24, 2.45) is 0 Å². The molecular weight excluding hydrogens is 212 g/mol. The molecule has 0 amide bonds. The fourth-order valence-corrected chi connectivity index (χ4v) is 2.11.